The lowest BCUT2D eigenvalue weighted by molar-refractivity contribution is -0.132. The highest BCUT2D eigenvalue weighted by Gasteiger charge is 2.14. The summed E-state index contributed by atoms with van der Waals surface area (Å²) in [5, 5.41) is 0.907. The van der Waals surface area contributed by atoms with Gasteiger partial charge in [0.15, 0.2) is 18.1 Å². The van der Waals surface area contributed by atoms with Crippen LogP contribution in [0, 0.1) is 6.92 Å². The molecule has 0 aliphatic carbocycles. The number of hydrogen-bond donors (Lipinski definition) is 0. The fraction of sp³-hybridized carbons (Fsp3) is 0.263. The number of carbonyl (C=O) groups is 1. The molecule has 0 spiro atoms. The number of hydrogen-bond acceptors (Lipinski definition) is 5. The number of aryl methyl sites for hydroxylation is 1. The first kappa shape index (κ1) is 17.2. The molecule has 3 rings (SSSR count). The summed E-state index contributed by atoms with van der Waals surface area (Å²) < 4.78 is 12.0. The third-order valence-electron chi connectivity index (χ3n) is 3.81. The fourth-order valence-corrected chi connectivity index (χ4v) is 3.44. The Morgan fingerprint density at radius 2 is 2.00 bits per heavy atom. The van der Waals surface area contributed by atoms with Crippen molar-refractivity contribution in [2.45, 2.75) is 13.5 Å². The van der Waals surface area contributed by atoms with E-state index in [9.17, 15) is 4.79 Å². The van der Waals surface area contributed by atoms with Gasteiger partial charge in [0.25, 0.3) is 5.91 Å². The zero-order chi connectivity index (χ0) is 17.8. The molecule has 0 atom stereocenters. The maximum absolute atomic E-state index is 12.3. The SMILES string of the molecule is COc1cc(C)ccc1OCC(=O)N(C)Cc1nc2ccccc2s1. The van der Waals surface area contributed by atoms with Gasteiger partial charge in [0, 0.05) is 7.05 Å². The molecule has 0 N–H and O–H groups in total. The monoisotopic (exact) mass is 356 g/mol. The van der Waals surface area contributed by atoms with Crippen molar-refractivity contribution in [3.63, 3.8) is 0 Å². The largest absolute Gasteiger partial charge is 0.493 e. The third kappa shape index (κ3) is 4.09. The lowest BCUT2D eigenvalue weighted by Gasteiger charge is -2.17. The summed E-state index contributed by atoms with van der Waals surface area (Å²) in [5.41, 5.74) is 2.03. The Kier molecular flexibility index (Phi) is 5.19. The van der Waals surface area contributed by atoms with Gasteiger partial charge in [0.2, 0.25) is 0 Å². The van der Waals surface area contributed by atoms with Crippen LogP contribution in [0.15, 0.2) is 42.5 Å². The van der Waals surface area contributed by atoms with Crippen LogP contribution in [-0.4, -0.2) is 36.6 Å². The summed E-state index contributed by atoms with van der Waals surface area (Å²) in [6.45, 7) is 2.40. The molecule has 0 radical (unpaired) electrons. The van der Waals surface area contributed by atoms with Crippen molar-refractivity contribution in [2.75, 3.05) is 20.8 Å². The van der Waals surface area contributed by atoms with Crippen LogP contribution >= 0.6 is 11.3 Å². The van der Waals surface area contributed by atoms with E-state index in [1.807, 2.05) is 49.4 Å². The van der Waals surface area contributed by atoms with E-state index in [1.54, 1.807) is 30.4 Å². The number of benzene rings is 2. The molecule has 0 fully saturated rings. The summed E-state index contributed by atoms with van der Waals surface area (Å²) in [7, 11) is 3.34. The average Bonchev–Trinajstić information content (AvgIpc) is 3.02. The van der Waals surface area contributed by atoms with Gasteiger partial charge >= 0.3 is 0 Å². The Balaban J connectivity index is 1.61. The van der Waals surface area contributed by atoms with Crippen molar-refractivity contribution in [3.05, 3.63) is 53.0 Å². The zero-order valence-electron chi connectivity index (χ0n) is 14.5. The molecule has 130 valence electrons. The highest BCUT2D eigenvalue weighted by Crippen LogP contribution is 2.28. The number of fused-ring (bicyclic) bond motifs is 1. The predicted octanol–water partition coefficient (Wildman–Crippen LogP) is 3.65. The first-order valence-electron chi connectivity index (χ1n) is 7.92. The van der Waals surface area contributed by atoms with E-state index in [4.69, 9.17) is 9.47 Å². The number of amides is 1. The van der Waals surface area contributed by atoms with Crippen LogP contribution in [-0.2, 0) is 11.3 Å². The molecule has 3 aromatic rings. The molecule has 25 heavy (non-hydrogen) atoms. The van der Waals surface area contributed by atoms with Crippen LogP contribution in [0.5, 0.6) is 11.5 Å². The smallest absolute Gasteiger partial charge is 0.260 e. The molecule has 5 nitrogen and oxygen atoms in total. The lowest BCUT2D eigenvalue weighted by atomic mass is 10.2. The number of aromatic nitrogens is 1. The molecule has 1 heterocycles. The maximum atomic E-state index is 12.3. The summed E-state index contributed by atoms with van der Waals surface area (Å²) in [6, 6.07) is 13.6. The minimum Gasteiger partial charge on any atom is -0.493 e. The summed E-state index contributed by atoms with van der Waals surface area (Å²) in [6.07, 6.45) is 0. The van der Waals surface area contributed by atoms with Gasteiger partial charge in [-0.3, -0.25) is 4.79 Å². The molecule has 1 aromatic heterocycles. The van der Waals surface area contributed by atoms with Gasteiger partial charge in [-0.2, -0.15) is 0 Å². The van der Waals surface area contributed by atoms with E-state index >= 15 is 0 Å². The minimum atomic E-state index is -0.109. The quantitative estimate of drug-likeness (QED) is 0.676. The Morgan fingerprint density at radius 1 is 1.20 bits per heavy atom. The average molecular weight is 356 g/mol. The molecule has 6 heteroatoms. The number of ether oxygens (including phenoxy) is 2. The van der Waals surface area contributed by atoms with Crippen molar-refractivity contribution < 1.29 is 14.3 Å². The normalized spacial score (nSPS) is 10.7. The number of rotatable bonds is 6. The van der Waals surface area contributed by atoms with Gasteiger partial charge in [0.1, 0.15) is 5.01 Å². The first-order chi connectivity index (χ1) is 12.1. The molecule has 0 saturated carbocycles. The third-order valence-corrected chi connectivity index (χ3v) is 4.83. The number of likely N-dealkylation sites (N-methyl/N-ethyl adjacent to an activating group) is 1. The van der Waals surface area contributed by atoms with Crippen molar-refractivity contribution in [2.24, 2.45) is 0 Å². The number of carbonyl (C=O) groups excluding carboxylic acids is 1. The van der Waals surface area contributed by atoms with Gasteiger partial charge in [-0.25, -0.2) is 4.98 Å². The van der Waals surface area contributed by atoms with E-state index in [0.29, 0.717) is 18.0 Å². The van der Waals surface area contributed by atoms with Crippen LogP contribution < -0.4 is 9.47 Å². The van der Waals surface area contributed by atoms with Gasteiger partial charge in [-0.1, -0.05) is 18.2 Å². The predicted molar refractivity (Wildman–Crippen MR) is 99.3 cm³/mol. The van der Waals surface area contributed by atoms with Crippen LogP contribution in [0.1, 0.15) is 10.6 Å². The minimum absolute atomic E-state index is 0.0409. The van der Waals surface area contributed by atoms with Gasteiger partial charge in [0.05, 0.1) is 23.9 Å². The Labute approximate surface area is 150 Å². The Bertz CT molecular complexity index is 858. The van der Waals surface area contributed by atoms with E-state index in [-0.39, 0.29) is 12.5 Å². The van der Waals surface area contributed by atoms with Crippen LogP contribution in [0.2, 0.25) is 0 Å². The van der Waals surface area contributed by atoms with Crippen molar-refractivity contribution in [1.82, 2.24) is 9.88 Å². The lowest BCUT2D eigenvalue weighted by Crippen LogP contribution is -2.30. The van der Waals surface area contributed by atoms with E-state index in [1.165, 1.54) is 0 Å². The molecule has 0 unspecified atom stereocenters. The van der Waals surface area contributed by atoms with E-state index in [0.717, 1.165) is 20.8 Å². The fourth-order valence-electron chi connectivity index (χ4n) is 2.42. The maximum Gasteiger partial charge on any atom is 0.260 e. The second-order valence-electron chi connectivity index (χ2n) is 5.77. The van der Waals surface area contributed by atoms with Gasteiger partial charge in [-0.05, 0) is 36.8 Å². The standard InChI is InChI=1S/C19H20N2O3S/c1-13-8-9-15(16(10-13)23-3)24-12-19(22)21(2)11-18-20-14-6-4-5-7-17(14)25-18/h4-10H,11-12H2,1-3H3. The van der Waals surface area contributed by atoms with Crippen LogP contribution in [0.4, 0.5) is 0 Å². The Hall–Kier alpha value is -2.60. The van der Waals surface area contributed by atoms with Crippen molar-refractivity contribution >= 4 is 27.5 Å². The highest BCUT2D eigenvalue weighted by atomic mass is 32.1. The molecule has 1 amide bonds. The van der Waals surface area contributed by atoms with E-state index < -0.39 is 0 Å². The number of methoxy groups -OCH3 is 1. The topological polar surface area (TPSA) is 51.7 Å². The van der Waals surface area contributed by atoms with E-state index in [2.05, 4.69) is 4.98 Å². The molecule has 2 aromatic carbocycles. The van der Waals surface area contributed by atoms with Crippen LogP contribution in [0.25, 0.3) is 10.2 Å². The van der Waals surface area contributed by atoms with Crippen LogP contribution in [0.3, 0.4) is 0 Å². The summed E-state index contributed by atoms with van der Waals surface area (Å²) in [5.74, 6) is 1.08. The summed E-state index contributed by atoms with van der Waals surface area (Å²) in [4.78, 5) is 18.5. The number of thiazole rings is 1. The van der Waals surface area contributed by atoms with Crippen molar-refractivity contribution in [3.8, 4) is 11.5 Å². The number of para-hydroxylation sites is 1. The zero-order valence-corrected chi connectivity index (χ0v) is 15.3. The molecular formula is C19H20N2O3S. The molecule has 0 aliphatic rings. The summed E-state index contributed by atoms with van der Waals surface area (Å²) >= 11 is 1.60. The molecule has 0 aliphatic heterocycles. The van der Waals surface area contributed by atoms with Crippen molar-refractivity contribution in [1.29, 1.82) is 0 Å². The Morgan fingerprint density at radius 3 is 2.76 bits per heavy atom. The number of nitrogens with zero attached hydrogens (tertiary/aromatic N) is 2. The first-order valence-corrected chi connectivity index (χ1v) is 8.74. The van der Waals surface area contributed by atoms with Gasteiger partial charge < -0.3 is 14.4 Å². The highest BCUT2D eigenvalue weighted by molar-refractivity contribution is 7.18. The second kappa shape index (κ2) is 7.53. The second-order valence-corrected chi connectivity index (χ2v) is 6.88. The van der Waals surface area contributed by atoms with Gasteiger partial charge in [-0.15, -0.1) is 11.3 Å². The molecule has 0 bridgehead atoms. The molecular weight excluding hydrogens is 336 g/mol. The molecule has 0 saturated heterocycles.